The van der Waals surface area contributed by atoms with Crippen molar-refractivity contribution in [2.24, 2.45) is 0 Å². The summed E-state index contributed by atoms with van der Waals surface area (Å²) in [6.07, 6.45) is 4.18. The summed E-state index contributed by atoms with van der Waals surface area (Å²) in [5.41, 5.74) is 2.96. The first-order chi connectivity index (χ1) is 7.29. The molecule has 76 valence electrons. The van der Waals surface area contributed by atoms with E-state index in [9.17, 15) is 4.39 Å². The molecule has 3 heteroatoms. The molecule has 2 rings (SSSR count). The molecule has 0 amide bonds. The predicted octanol–water partition coefficient (Wildman–Crippen LogP) is 2.85. The van der Waals surface area contributed by atoms with Gasteiger partial charge in [-0.05, 0) is 36.2 Å². The molecule has 0 aliphatic carbocycles. The van der Waals surface area contributed by atoms with Crippen LogP contribution in [0.5, 0.6) is 0 Å². The molecule has 0 bridgehead atoms. The molecule has 2 aromatic heterocycles. The van der Waals surface area contributed by atoms with Gasteiger partial charge in [0.2, 0.25) is 5.95 Å². The van der Waals surface area contributed by atoms with Gasteiger partial charge in [-0.2, -0.15) is 4.39 Å². The van der Waals surface area contributed by atoms with E-state index in [2.05, 4.69) is 16.9 Å². The van der Waals surface area contributed by atoms with Crippen LogP contribution in [0.1, 0.15) is 12.6 Å². The molecule has 0 spiro atoms. The third-order valence-electron chi connectivity index (χ3n) is 2.24. The monoisotopic (exact) mass is 202 g/mol. The molecular weight excluding hydrogens is 191 g/mol. The molecule has 0 saturated carbocycles. The second-order valence-electron chi connectivity index (χ2n) is 3.26. The van der Waals surface area contributed by atoms with E-state index >= 15 is 0 Å². The lowest BCUT2D eigenvalue weighted by Crippen LogP contribution is -1.88. The Balaban J connectivity index is 2.40. The minimum atomic E-state index is -0.455. The summed E-state index contributed by atoms with van der Waals surface area (Å²) in [7, 11) is 0. The van der Waals surface area contributed by atoms with Crippen molar-refractivity contribution in [2.45, 2.75) is 13.3 Å². The molecule has 0 saturated heterocycles. The number of rotatable bonds is 2. The van der Waals surface area contributed by atoms with Gasteiger partial charge in [0.25, 0.3) is 0 Å². The Morgan fingerprint density at radius 2 is 2.00 bits per heavy atom. The Bertz CT molecular complexity index is 451. The Hall–Kier alpha value is -1.77. The Morgan fingerprint density at radius 3 is 2.67 bits per heavy atom. The van der Waals surface area contributed by atoms with Gasteiger partial charge in [-0.1, -0.05) is 6.92 Å². The molecule has 0 aliphatic rings. The smallest absolute Gasteiger partial charge is 0.212 e. The van der Waals surface area contributed by atoms with Crippen molar-refractivity contribution in [3.05, 3.63) is 48.3 Å². The molecule has 0 fully saturated rings. The van der Waals surface area contributed by atoms with Gasteiger partial charge < -0.3 is 0 Å². The molecule has 0 unspecified atom stereocenters. The van der Waals surface area contributed by atoms with Gasteiger partial charge in [0, 0.05) is 23.7 Å². The predicted molar refractivity (Wildman–Crippen MR) is 56.8 cm³/mol. The third-order valence-corrected chi connectivity index (χ3v) is 2.24. The molecular formula is C12H11FN2. The van der Waals surface area contributed by atoms with Gasteiger partial charge in [-0.3, -0.25) is 4.98 Å². The molecule has 15 heavy (non-hydrogen) atoms. The van der Waals surface area contributed by atoms with Crippen molar-refractivity contribution < 1.29 is 4.39 Å². The number of hydrogen-bond donors (Lipinski definition) is 0. The Labute approximate surface area is 87.8 Å². The third kappa shape index (κ3) is 2.18. The van der Waals surface area contributed by atoms with Gasteiger partial charge in [0.1, 0.15) is 0 Å². The lowest BCUT2D eigenvalue weighted by atomic mass is 10.1. The first kappa shape index (κ1) is 9.77. The van der Waals surface area contributed by atoms with Crippen LogP contribution < -0.4 is 0 Å². The lowest BCUT2D eigenvalue weighted by Gasteiger charge is -2.02. The first-order valence-electron chi connectivity index (χ1n) is 4.86. The maximum Gasteiger partial charge on any atom is 0.212 e. The average Bonchev–Trinajstić information content (AvgIpc) is 2.30. The van der Waals surface area contributed by atoms with Crippen molar-refractivity contribution in [1.82, 2.24) is 9.97 Å². The maximum absolute atomic E-state index is 12.6. The number of halogens is 1. The van der Waals surface area contributed by atoms with Crippen LogP contribution in [0.3, 0.4) is 0 Å². The SMILES string of the molecule is CCc1cc(-c2ccc(F)nc2)ccn1. The van der Waals surface area contributed by atoms with Crippen molar-refractivity contribution in [3.8, 4) is 11.1 Å². The van der Waals surface area contributed by atoms with Gasteiger partial charge in [0.05, 0.1) is 0 Å². The van der Waals surface area contributed by atoms with Crippen LogP contribution in [0.4, 0.5) is 4.39 Å². The fourth-order valence-electron chi connectivity index (χ4n) is 1.40. The highest BCUT2D eigenvalue weighted by Gasteiger charge is 2.00. The van der Waals surface area contributed by atoms with Crippen LogP contribution >= 0.6 is 0 Å². The fourth-order valence-corrected chi connectivity index (χ4v) is 1.40. The molecule has 0 aromatic carbocycles. The molecule has 2 aromatic rings. The van der Waals surface area contributed by atoms with Crippen LogP contribution in [0.15, 0.2) is 36.7 Å². The Morgan fingerprint density at radius 1 is 1.13 bits per heavy atom. The summed E-state index contributed by atoms with van der Waals surface area (Å²) >= 11 is 0. The van der Waals surface area contributed by atoms with Gasteiger partial charge in [0.15, 0.2) is 0 Å². The highest BCUT2D eigenvalue weighted by molar-refractivity contribution is 5.62. The summed E-state index contributed by atoms with van der Waals surface area (Å²) in [5, 5.41) is 0. The normalized spacial score (nSPS) is 10.3. The van der Waals surface area contributed by atoms with E-state index in [0.29, 0.717) is 0 Å². The zero-order chi connectivity index (χ0) is 10.7. The van der Waals surface area contributed by atoms with Gasteiger partial charge >= 0.3 is 0 Å². The van der Waals surface area contributed by atoms with E-state index in [1.54, 1.807) is 12.3 Å². The Kier molecular flexibility index (Phi) is 2.72. The number of aryl methyl sites for hydroxylation is 1. The minimum absolute atomic E-state index is 0.455. The van der Waals surface area contributed by atoms with E-state index in [4.69, 9.17) is 0 Å². The molecule has 0 radical (unpaired) electrons. The van der Waals surface area contributed by atoms with Crippen molar-refractivity contribution in [3.63, 3.8) is 0 Å². The average molecular weight is 202 g/mol. The van der Waals surface area contributed by atoms with E-state index in [0.717, 1.165) is 23.2 Å². The lowest BCUT2D eigenvalue weighted by molar-refractivity contribution is 0.584. The zero-order valence-electron chi connectivity index (χ0n) is 8.44. The topological polar surface area (TPSA) is 25.8 Å². The summed E-state index contributed by atoms with van der Waals surface area (Å²) in [6.45, 7) is 2.05. The largest absolute Gasteiger partial charge is 0.261 e. The second kappa shape index (κ2) is 4.17. The molecule has 2 nitrogen and oxygen atoms in total. The van der Waals surface area contributed by atoms with Gasteiger partial charge in [-0.25, -0.2) is 4.98 Å². The number of pyridine rings is 2. The summed E-state index contributed by atoms with van der Waals surface area (Å²) in [5.74, 6) is -0.455. The summed E-state index contributed by atoms with van der Waals surface area (Å²) in [4.78, 5) is 7.83. The van der Waals surface area contributed by atoms with Crippen molar-refractivity contribution >= 4 is 0 Å². The van der Waals surface area contributed by atoms with E-state index < -0.39 is 5.95 Å². The first-order valence-corrected chi connectivity index (χ1v) is 4.86. The van der Waals surface area contributed by atoms with Crippen LogP contribution in [0.2, 0.25) is 0 Å². The summed E-state index contributed by atoms with van der Waals surface area (Å²) < 4.78 is 12.6. The van der Waals surface area contributed by atoms with E-state index in [-0.39, 0.29) is 0 Å². The highest BCUT2D eigenvalue weighted by Crippen LogP contribution is 2.18. The van der Waals surface area contributed by atoms with E-state index in [1.807, 2.05) is 12.1 Å². The standard InChI is InChI=1S/C12H11FN2/c1-2-11-7-9(5-6-14-11)10-3-4-12(13)15-8-10/h3-8H,2H2,1H3. The molecule has 2 heterocycles. The highest BCUT2D eigenvalue weighted by atomic mass is 19.1. The van der Waals surface area contributed by atoms with Gasteiger partial charge in [-0.15, -0.1) is 0 Å². The van der Waals surface area contributed by atoms with Crippen LogP contribution in [-0.4, -0.2) is 9.97 Å². The number of hydrogen-bond acceptors (Lipinski definition) is 2. The van der Waals surface area contributed by atoms with Crippen molar-refractivity contribution in [2.75, 3.05) is 0 Å². The van der Waals surface area contributed by atoms with Crippen LogP contribution in [-0.2, 0) is 6.42 Å². The fraction of sp³-hybridized carbons (Fsp3) is 0.167. The minimum Gasteiger partial charge on any atom is -0.261 e. The summed E-state index contributed by atoms with van der Waals surface area (Å²) in [6, 6.07) is 6.97. The van der Waals surface area contributed by atoms with E-state index in [1.165, 1.54) is 12.3 Å². The second-order valence-corrected chi connectivity index (χ2v) is 3.26. The molecule has 0 aliphatic heterocycles. The number of aromatic nitrogens is 2. The van der Waals surface area contributed by atoms with Crippen molar-refractivity contribution in [1.29, 1.82) is 0 Å². The maximum atomic E-state index is 12.6. The zero-order valence-corrected chi connectivity index (χ0v) is 8.44. The van der Waals surface area contributed by atoms with Crippen LogP contribution in [0, 0.1) is 5.95 Å². The number of nitrogens with zero attached hydrogens (tertiary/aromatic N) is 2. The molecule has 0 N–H and O–H groups in total. The quantitative estimate of drug-likeness (QED) is 0.700. The molecule has 0 atom stereocenters. The van der Waals surface area contributed by atoms with Crippen LogP contribution in [0.25, 0.3) is 11.1 Å².